The minimum absolute atomic E-state index is 0.0412. The lowest BCUT2D eigenvalue weighted by Gasteiger charge is -2.02. The van der Waals surface area contributed by atoms with E-state index in [1.54, 1.807) is 10.8 Å². The first-order valence-corrected chi connectivity index (χ1v) is 7.64. The number of carbonyl (C=O) groups is 1. The van der Waals surface area contributed by atoms with Crippen LogP contribution in [0.15, 0.2) is 54.9 Å². The number of rotatable bonds is 3. The Morgan fingerprint density at radius 3 is 2.71 bits per heavy atom. The van der Waals surface area contributed by atoms with Crippen LogP contribution in [0.2, 0.25) is 0 Å². The summed E-state index contributed by atoms with van der Waals surface area (Å²) < 4.78 is 1.70. The highest BCUT2D eigenvalue weighted by Crippen LogP contribution is 2.21. The van der Waals surface area contributed by atoms with Crippen LogP contribution in [0.3, 0.4) is 0 Å². The van der Waals surface area contributed by atoms with Gasteiger partial charge < -0.3 is 5.32 Å². The average molecular weight is 317 g/mol. The highest BCUT2D eigenvalue weighted by atomic mass is 16.1. The molecule has 0 saturated heterocycles. The van der Waals surface area contributed by atoms with E-state index < -0.39 is 0 Å². The smallest absolute Gasteiger partial charge is 0.217 e. The Hall–Kier alpha value is -3.28. The maximum atomic E-state index is 11.0. The molecule has 6 nitrogen and oxygen atoms in total. The van der Waals surface area contributed by atoms with Gasteiger partial charge in [-0.05, 0) is 17.7 Å². The molecular formula is C18H15N5O. The van der Waals surface area contributed by atoms with Crippen LogP contribution in [-0.2, 0) is 11.3 Å². The number of nitrogens with one attached hydrogen (secondary N) is 1. The van der Waals surface area contributed by atoms with Gasteiger partial charge >= 0.3 is 0 Å². The molecule has 6 heteroatoms. The van der Waals surface area contributed by atoms with Crippen molar-refractivity contribution in [1.29, 1.82) is 0 Å². The maximum absolute atomic E-state index is 11.0. The summed E-state index contributed by atoms with van der Waals surface area (Å²) in [4.78, 5) is 20.0. The Morgan fingerprint density at radius 2 is 1.92 bits per heavy atom. The number of para-hydroxylation sites is 1. The van der Waals surface area contributed by atoms with Crippen molar-refractivity contribution >= 4 is 22.5 Å². The lowest BCUT2D eigenvalue weighted by molar-refractivity contribution is -0.119. The van der Waals surface area contributed by atoms with E-state index in [-0.39, 0.29) is 5.91 Å². The number of aromatic nitrogens is 4. The summed E-state index contributed by atoms with van der Waals surface area (Å²) in [6, 6.07) is 15.7. The standard InChI is InChI=1S/C18H15N5O/c1-12(24)19-10-13-6-8-14(9-7-13)17-21-18-15-4-2-3-5-16(15)20-11-23(18)22-17/h2-9,11H,10H2,1H3,(H,19,24). The molecule has 0 radical (unpaired) electrons. The Morgan fingerprint density at radius 1 is 1.12 bits per heavy atom. The summed E-state index contributed by atoms with van der Waals surface area (Å²) in [5.74, 6) is 0.611. The molecule has 0 atom stereocenters. The largest absolute Gasteiger partial charge is 0.352 e. The van der Waals surface area contributed by atoms with Gasteiger partial charge in [0.2, 0.25) is 5.91 Å². The third kappa shape index (κ3) is 2.58. The lowest BCUT2D eigenvalue weighted by atomic mass is 10.1. The number of amides is 1. The van der Waals surface area contributed by atoms with E-state index in [2.05, 4.69) is 20.4 Å². The maximum Gasteiger partial charge on any atom is 0.217 e. The Balaban J connectivity index is 1.71. The predicted octanol–water partition coefficient (Wildman–Crippen LogP) is 2.58. The first-order valence-electron chi connectivity index (χ1n) is 7.64. The SMILES string of the molecule is CC(=O)NCc1ccc(-c2nc3c4ccccc4ncn3n2)cc1. The van der Waals surface area contributed by atoms with Crippen LogP contribution in [0.5, 0.6) is 0 Å². The van der Waals surface area contributed by atoms with Gasteiger partial charge in [0, 0.05) is 24.4 Å². The molecule has 0 saturated carbocycles. The van der Waals surface area contributed by atoms with Crippen molar-refractivity contribution in [3.05, 3.63) is 60.4 Å². The number of hydrogen-bond acceptors (Lipinski definition) is 4. The summed E-state index contributed by atoms with van der Waals surface area (Å²) in [6.45, 7) is 2.02. The molecule has 4 rings (SSSR count). The van der Waals surface area contributed by atoms with E-state index in [1.807, 2.05) is 48.5 Å². The molecule has 1 N–H and O–H groups in total. The fourth-order valence-corrected chi connectivity index (χ4v) is 2.60. The summed E-state index contributed by atoms with van der Waals surface area (Å²) in [5, 5.41) is 8.26. The Labute approximate surface area is 138 Å². The second-order valence-electron chi connectivity index (χ2n) is 5.57. The van der Waals surface area contributed by atoms with Crippen LogP contribution in [0.4, 0.5) is 0 Å². The Bertz CT molecular complexity index is 1040. The van der Waals surface area contributed by atoms with E-state index in [4.69, 9.17) is 0 Å². The van der Waals surface area contributed by atoms with Crippen LogP contribution < -0.4 is 5.32 Å². The van der Waals surface area contributed by atoms with E-state index in [0.29, 0.717) is 12.4 Å². The first-order chi connectivity index (χ1) is 11.7. The molecular weight excluding hydrogens is 302 g/mol. The van der Waals surface area contributed by atoms with Gasteiger partial charge in [-0.3, -0.25) is 4.79 Å². The molecule has 2 aromatic carbocycles. The quantitative estimate of drug-likeness (QED) is 0.630. The third-order valence-electron chi connectivity index (χ3n) is 3.84. The second kappa shape index (κ2) is 5.73. The second-order valence-corrected chi connectivity index (χ2v) is 5.57. The fraction of sp³-hybridized carbons (Fsp3) is 0.111. The molecule has 0 aliphatic rings. The normalized spacial score (nSPS) is 11.0. The zero-order valence-electron chi connectivity index (χ0n) is 13.1. The molecule has 0 aliphatic heterocycles. The number of nitrogens with zero attached hydrogens (tertiary/aromatic N) is 4. The van der Waals surface area contributed by atoms with Crippen LogP contribution in [0.1, 0.15) is 12.5 Å². The zero-order valence-corrected chi connectivity index (χ0v) is 13.1. The predicted molar refractivity (Wildman–Crippen MR) is 91.2 cm³/mol. The molecule has 0 aliphatic carbocycles. The summed E-state index contributed by atoms with van der Waals surface area (Å²) in [6.07, 6.45) is 1.68. The van der Waals surface area contributed by atoms with E-state index in [0.717, 1.165) is 27.7 Å². The molecule has 0 spiro atoms. The van der Waals surface area contributed by atoms with Crippen molar-refractivity contribution < 1.29 is 4.79 Å². The first kappa shape index (κ1) is 14.3. The van der Waals surface area contributed by atoms with Gasteiger partial charge in [-0.2, -0.15) is 0 Å². The average Bonchev–Trinajstić information content (AvgIpc) is 3.05. The van der Waals surface area contributed by atoms with Crippen molar-refractivity contribution in [2.24, 2.45) is 0 Å². The van der Waals surface area contributed by atoms with Gasteiger partial charge in [0.05, 0.1) is 5.52 Å². The molecule has 0 bridgehead atoms. The zero-order chi connectivity index (χ0) is 16.5. The molecule has 2 aromatic heterocycles. The molecule has 1 amide bonds. The topological polar surface area (TPSA) is 72.2 Å². The lowest BCUT2D eigenvalue weighted by Crippen LogP contribution is -2.18. The van der Waals surface area contributed by atoms with Crippen LogP contribution >= 0.6 is 0 Å². The molecule has 0 unspecified atom stereocenters. The fourth-order valence-electron chi connectivity index (χ4n) is 2.60. The molecule has 2 heterocycles. The van der Waals surface area contributed by atoms with Crippen molar-refractivity contribution in [2.75, 3.05) is 0 Å². The van der Waals surface area contributed by atoms with Gasteiger partial charge in [0.15, 0.2) is 11.5 Å². The van der Waals surface area contributed by atoms with Crippen LogP contribution in [-0.4, -0.2) is 25.5 Å². The number of fused-ring (bicyclic) bond motifs is 3. The summed E-state index contributed by atoms with van der Waals surface area (Å²) in [5.41, 5.74) is 3.65. The van der Waals surface area contributed by atoms with Gasteiger partial charge in [0.1, 0.15) is 6.33 Å². The highest BCUT2D eigenvalue weighted by molar-refractivity contribution is 5.91. The molecule has 118 valence electrons. The molecule has 24 heavy (non-hydrogen) atoms. The highest BCUT2D eigenvalue weighted by Gasteiger charge is 2.09. The number of hydrogen-bond donors (Lipinski definition) is 1. The van der Waals surface area contributed by atoms with Crippen LogP contribution in [0, 0.1) is 0 Å². The third-order valence-corrected chi connectivity index (χ3v) is 3.84. The van der Waals surface area contributed by atoms with Gasteiger partial charge in [-0.15, -0.1) is 5.10 Å². The monoisotopic (exact) mass is 317 g/mol. The van der Waals surface area contributed by atoms with E-state index in [9.17, 15) is 4.79 Å². The molecule has 0 fully saturated rings. The van der Waals surface area contributed by atoms with Crippen molar-refractivity contribution in [1.82, 2.24) is 24.9 Å². The Kier molecular flexibility index (Phi) is 3.42. The van der Waals surface area contributed by atoms with Crippen molar-refractivity contribution in [3.8, 4) is 11.4 Å². The number of benzene rings is 2. The van der Waals surface area contributed by atoms with E-state index in [1.165, 1.54) is 6.92 Å². The summed E-state index contributed by atoms with van der Waals surface area (Å²) in [7, 11) is 0. The van der Waals surface area contributed by atoms with Crippen molar-refractivity contribution in [3.63, 3.8) is 0 Å². The minimum Gasteiger partial charge on any atom is -0.352 e. The summed E-state index contributed by atoms with van der Waals surface area (Å²) >= 11 is 0. The van der Waals surface area contributed by atoms with Crippen molar-refractivity contribution in [2.45, 2.75) is 13.5 Å². The van der Waals surface area contributed by atoms with Crippen LogP contribution in [0.25, 0.3) is 27.9 Å². The number of carbonyl (C=O) groups excluding carboxylic acids is 1. The van der Waals surface area contributed by atoms with Gasteiger partial charge in [0.25, 0.3) is 0 Å². The van der Waals surface area contributed by atoms with Gasteiger partial charge in [-0.25, -0.2) is 14.5 Å². The van der Waals surface area contributed by atoms with E-state index >= 15 is 0 Å². The molecule has 4 aromatic rings. The van der Waals surface area contributed by atoms with Gasteiger partial charge in [-0.1, -0.05) is 36.4 Å². The minimum atomic E-state index is -0.0412.